The summed E-state index contributed by atoms with van der Waals surface area (Å²) in [7, 11) is 0. The molecule has 1 aromatic heterocycles. The summed E-state index contributed by atoms with van der Waals surface area (Å²) >= 11 is 0. The number of anilines is 2. The summed E-state index contributed by atoms with van der Waals surface area (Å²) < 4.78 is 39.5. The molecule has 1 heterocycles. The Morgan fingerprint density at radius 1 is 1.13 bits per heavy atom. The van der Waals surface area contributed by atoms with Gasteiger partial charge in [-0.1, -0.05) is 0 Å². The Hall–Kier alpha value is -2.61. The van der Waals surface area contributed by atoms with E-state index in [0.717, 1.165) is 6.07 Å². The number of halogens is 3. The zero-order valence-corrected chi connectivity index (χ0v) is 11.9. The summed E-state index contributed by atoms with van der Waals surface area (Å²) in [5, 5.41) is 14.0. The Balaban J connectivity index is 2.04. The lowest BCUT2D eigenvalue weighted by atomic mass is 10.2. The monoisotopic (exact) mass is 325 g/mol. The number of carbonyl (C=O) groups is 1. The first-order chi connectivity index (χ1) is 11.0. The zero-order chi connectivity index (χ0) is 16.8. The molecular weight excluding hydrogens is 311 g/mol. The quantitative estimate of drug-likeness (QED) is 0.564. The summed E-state index contributed by atoms with van der Waals surface area (Å²) in [4.78, 5) is 15.9. The van der Waals surface area contributed by atoms with E-state index in [1.54, 1.807) is 6.07 Å². The van der Waals surface area contributed by atoms with Crippen molar-refractivity contribution in [2.45, 2.75) is 6.42 Å². The van der Waals surface area contributed by atoms with Gasteiger partial charge in [-0.3, -0.25) is 4.79 Å². The number of nitrogens with one attached hydrogen (secondary N) is 2. The molecule has 122 valence electrons. The molecule has 0 aliphatic carbocycles. The van der Waals surface area contributed by atoms with Crippen molar-refractivity contribution in [3.8, 4) is 0 Å². The first kappa shape index (κ1) is 16.8. The second-order valence-corrected chi connectivity index (χ2v) is 4.61. The molecule has 0 unspecified atom stereocenters. The second kappa shape index (κ2) is 7.59. The van der Waals surface area contributed by atoms with Crippen LogP contribution in [0.15, 0.2) is 30.5 Å². The fourth-order valence-corrected chi connectivity index (χ4v) is 1.77. The van der Waals surface area contributed by atoms with Gasteiger partial charge in [0.2, 0.25) is 0 Å². The first-order valence-electron chi connectivity index (χ1n) is 6.78. The van der Waals surface area contributed by atoms with E-state index in [0.29, 0.717) is 24.8 Å². The number of hydrogen-bond donors (Lipinski definition) is 3. The van der Waals surface area contributed by atoms with Crippen molar-refractivity contribution in [3.05, 3.63) is 53.5 Å². The molecule has 1 aromatic carbocycles. The predicted molar refractivity (Wildman–Crippen MR) is 78.7 cm³/mol. The van der Waals surface area contributed by atoms with Gasteiger partial charge in [0.25, 0.3) is 5.91 Å². The van der Waals surface area contributed by atoms with Crippen LogP contribution in [0.2, 0.25) is 0 Å². The number of amides is 1. The van der Waals surface area contributed by atoms with Crippen LogP contribution < -0.4 is 10.6 Å². The Bertz CT molecular complexity index is 693. The Morgan fingerprint density at radius 2 is 1.91 bits per heavy atom. The number of aromatic nitrogens is 1. The Morgan fingerprint density at radius 3 is 2.57 bits per heavy atom. The van der Waals surface area contributed by atoms with Gasteiger partial charge in [0.1, 0.15) is 5.82 Å². The van der Waals surface area contributed by atoms with Crippen LogP contribution in [0.5, 0.6) is 0 Å². The summed E-state index contributed by atoms with van der Waals surface area (Å²) in [5.74, 6) is -4.98. The highest BCUT2D eigenvalue weighted by atomic mass is 19.2. The molecule has 3 N–H and O–H groups in total. The van der Waals surface area contributed by atoms with Crippen LogP contribution in [0, 0.1) is 17.5 Å². The fraction of sp³-hybridized carbons (Fsp3) is 0.200. The minimum atomic E-state index is -1.70. The lowest BCUT2D eigenvalue weighted by molar-refractivity contribution is 0.102. The van der Waals surface area contributed by atoms with E-state index in [9.17, 15) is 18.0 Å². The van der Waals surface area contributed by atoms with Crippen LogP contribution in [0.3, 0.4) is 0 Å². The maximum absolute atomic E-state index is 13.5. The summed E-state index contributed by atoms with van der Waals surface area (Å²) in [5.41, 5.74) is -0.333. The normalized spacial score (nSPS) is 10.4. The van der Waals surface area contributed by atoms with Gasteiger partial charge in [-0.2, -0.15) is 0 Å². The molecule has 0 saturated heterocycles. The summed E-state index contributed by atoms with van der Waals surface area (Å²) in [6.07, 6.45) is 1.90. The molecule has 8 heteroatoms. The van der Waals surface area contributed by atoms with Crippen molar-refractivity contribution in [2.75, 3.05) is 23.8 Å². The summed E-state index contributed by atoms with van der Waals surface area (Å²) in [6, 6.07) is 4.64. The molecule has 5 nitrogen and oxygen atoms in total. The van der Waals surface area contributed by atoms with E-state index in [4.69, 9.17) is 5.11 Å². The van der Waals surface area contributed by atoms with E-state index >= 15 is 0 Å². The van der Waals surface area contributed by atoms with Crippen molar-refractivity contribution in [3.63, 3.8) is 0 Å². The highest BCUT2D eigenvalue weighted by molar-refractivity contribution is 6.04. The largest absolute Gasteiger partial charge is 0.396 e. The number of benzene rings is 1. The average Bonchev–Trinajstić information content (AvgIpc) is 2.54. The minimum absolute atomic E-state index is 0.0565. The third kappa shape index (κ3) is 4.19. The molecule has 0 spiro atoms. The molecule has 23 heavy (non-hydrogen) atoms. The predicted octanol–water partition coefficient (Wildman–Crippen LogP) is 2.55. The SMILES string of the molecule is O=C(Nc1ccc(NCCCO)nc1)c1ccc(F)c(F)c1F. The van der Waals surface area contributed by atoms with Gasteiger partial charge in [0, 0.05) is 13.2 Å². The molecule has 0 aliphatic rings. The highest BCUT2D eigenvalue weighted by Gasteiger charge is 2.18. The highest BCUT2D eigenvalue weighted by Crippen LogP contribution is 2.17. The van der Waals surface area contributed by atoms with Gasteiger partial charge in [-0.25, -0.2) is 18.2 Å². The van der Waals surface area contributed by atoms with E-state index in [2.05, 4.69) is 15.6 Å². The van der Waals surface area contributed by atoms with Crippen molar-refractivity contribution in [1.82, 2.24) is 4.98 Å². The number of hydrogen-bond acceptors (Lipinski definition) is 4. The van der Waals surface area contributed by atoms with Gasteiger partial charge in [-0.15, -0.1) is 0 Å². The van der Waals surface area contributed by atoms with Crippen molar-refractivity contribution >= 4 is 17.4 Å². The molecule has 0 saturated carbocycles. The molecule has 2 rings (SSSR count). The smallest absolute Gasteiger partial charge is 0.258 e. The van der Waals surface area contributed by atoms with E-state index < -0.39 is 28.9 Å². The number of aliphatic hydroxyl groups excluding tert-OH is 1. The van der Waals surface area contributed by atoms with Gasteiger partial charge in [-0.05, 0) is 30.7 Å². The third-order valence-corrected chi connectivity index (χ3v) is 2.94. The topological polar surface area (TPSA) is 74.2 Å². The van der Waals surface area contributed by atoms with Crippen molar-refractivity contribution in [1.29, 1.82) is 0 Å². The molecule has 0 fully saturated rings. The van der Waals surface area contributed by atoms with Gasteiger partial charge in [0.15, 0.2) is 17.5 Å². The van der Waals surface area contributed by atoms with Gasteiger partial charge < -0.3 is 15.7 Å². The Labute approximate surface area is 130 Å². The second-order valence-electron chi connectivity index (χ2n) is 4.61. The lowest BCUT2D eigenvalue weighted by Gasteiger charge is -2.08. The van der Waals surface area contributed by atoms with Crippen LogP contribution in [0.4, 0.5) is 24.7 Å². The van der Waals surface area contributed by atoms with Crippen LogP contribution in [-0.2, 0) is 0 Å². The van der Waals surface area contributed by atoms with Crippen LogP contribution in [0.25, 0.3) is 0 Å². The third-order valence-electron chi connectivity index (χ3n) is 2.94. The van der Waals surface area contributed by atoms with Crippen LogP contribution in [-0.4, -0.2) is 29.1 Å². The first-order valence-corrected chi connectivity index (χ1v) is 6.78. The molecule has 0 atom stereocenters. The lowest BCUT2D eigenvalue weighted by Crippen LogP contribution is -2.15. The van der Waals surface area contributed by atoms with Gasteiger partial charge >= 0.3 is 0 Å². The van der Waals surface area contributed by atoms with E-state index in [1.807, 2.05) is 0 Å². The number of aliphatic hydroxyl groups is 1. The standard InChI is InChI=1S/C15H14F3N3O2/c16-11-4-3-10(13(17)14(11)18)15(23)21-9-2-5-12(20-8-9)19-6-1-7-22/h2-5,8,22H,1,6-7H2,(H,19,20)(H,21,23). The molecule has 1 amide bonds. The number of nitrogens with zero attached hydrogens (tertiary/aromatic N) is 1. The number of pyridine rings is 1. The zero-order valence-electron chi connectivity index (χ0n) is 11.9. The van der Waals surface area contributed by atoms with Crippen molar-refractivity contribution in [2.24, 2.45) is 0 Å². The molecule has 0 aliphatic heterocycles. The van der Waals surface area contributed by atoms with E-state index in [-0.39, 0.29) is 12.3 Å². The number of rotatable bonds is 6. The average molecular weight is 325 g/mol. The van der Waals surface area contributed by atoms with Crippen LogP contribution >= 0.6 is 0 Å². The molecule has 0 bridgehead atoms. The molecular formula is C15H14F3N3O2. The minimum Gasteiger partial charge on any atom is -0.396 e. The maximum Gasteiger partial charge on any atom is 0.258 e. The summed E-state index contributed by atoms with van der Waals surface area (Å²) in [6.45, 7) is 0.593. The fourth-order valence-electron chi connectivity index (χ4n) is 1.77. The number of carbonyl (C=O) groups excluding carboxylic acids is 1. The van der Waals surface area contributed by atoms with Crippen LogP contribution in [0.1, 0.15) is 16.8 Å². The van der Waals surface area contributed by atoms with E-state index in [1.165, 1.54) is 12.3 Å². The Kier molecular flexibility index (Phi) is 5.53. The van der Waals surface area contributed by atoms with Gasteiger partial charge in [0.05, 0.1) is 17.4 Å². The molecule has 0 radical (unpaired) electrons. The van der Waals surface area contributed by atoms with Crippen molar-refractivity contribution < 1.29 is 23.1 Å². The molecule has 2 aromatic rings. The maximum atomic E-state index is 13.5.